The molecule has 0 aromatic carbocycles. The van der Waals surface area contributed by atoms with E-state index in [1.54, 1.807) is 12.1 Å². The summed E-state index contributed by atoms with van der Waals surface area (Å²) < 4.78 is 3.40. The molecule has 0 spiro atoms. The number of piperidine rings is 1. The molecule has 3 unspecified atom stereocenters. The van der Waals surface area contributed by atoms with E-state index in [0.29, 0.717) is 18.5 Å². The molecule has 0 bridgehead atoms. The number of carbonyl (C=O) groups excluding carboxylic acids is 1. The smallest absolute Gasteiger partial charge is 0.267 e. The lowest BCUT2D eigenvalue weighted by molar-refractivity contribution is 0.0949. The summed E-state index contributed by atoms with van der Waals surface area (Å²) in [5.41, 5.74) is 1.44. The molecule has 3 aromatic heterocycles. The topological polar surface area (TPSA) is 91.9 Å². The van der Waals surface area contributed by atoms with Gasteiger partial charge in [-0.1, -0.05) is 6.07 Å². The van der Waals surface area contributed by atoms with Crippen LogP contribution < -0.4 is 15.8 Å². The average molecular weight is 436 g/mol. The first-order chi connectivity index (χ1) is 15.6. The number of rotatable bonds is 5. The largest absolute Gasteiger partial charge is 0.391 e. The van der Waals surface area contributed by atoms with E-state index < -0.39 is 6.10 Å². The van der Waals surface area contributed by atoms with Crippen LogP contribution in [0.15, 0.2) is 53.6 Å². The number of aliphatic hydroxyl groups excluding tert-OH is 1. The molecule has 1 saturated heterocycles. The van der Waals surface area contributed by atoms with Crippen LogP contribution in [-0.4, -0.2) is 50.4 Å². The number of aliphatic hydroxyl groups is 1. The molecule has 2 N–H and O–H groups in total. The summed E-state index contributed by atoms with van der Waals surface area (Å²) in [7, 11) is 0. The van der Waals surface area contributed by atoms with Crippen molar-refractivity contribution in [3.8, 4) is 0 Å². The Balaban J connectivity index is 1.32. The third kappa shape index (κ3) is 4.02. The van der Waals surface area contributed by atoms with Gasteiger partial charge < -0.3 is 19.7 Å². The highest BCUT2D eigenvalue weighted by atomic mass is 16.3. The van der Waals surface area contributed by atoms with Crippen LogP contribution in [0, 0.1) is 0 Å². The molecule has 5 rings (SSSR count). The van der Waals surface area contributed by atoms with Crippen molar-refractivity contribution in [3.05, 3.63) is 64.7 Å². The van der Waals surface area contributed by atoms with Crippen LogP contribution in [-0.2, 0) is 0 Å². The predicted molar refractivity (Wildman–Crippen MR) is 122 cm³/mol. The van der Waals surface area contributed by atoms with Crippen molar-refractivity contribution in [1.82, 2.24) is 19.5 Å². The van der Waals surface area contributed by atoms with E-state index in [1.165, 1.54) is 4.68 Å². The number of hydrogen-bond acceptors (Lipinski definition) is 5. The molecular formula is C24H29N5O3. The first kappa shape index (κ1) is 20.8. The first-order valence-electron chi connectivity index (χ1n) is 11.5. The van der Waals surface area contributed by atoms with E-state index in [-0.39, 0.29) is 23.6 Å². The monoisotopic (exact) mass is 435 g/mol. The summed E-state index contributed by atoms with van der Waals surface area (Å²) in [6.45, 7) is 1.34. The summed E-state index contributed by atoms with van der Waals surface area (Å²) in [5, 5.41) is 18.0. The number of fused-ring (bicyclic) bond motifs is 1. The predicted octanol–water partition coefficient (Wildman–Crippen LogP) is 2.37. The molecule has 8 heteroatoms. The van der Waals surface area contributed by atoms with Gasteiger partial charge in [0.1, 0.15) is 5.82 Å². The number of carbonyl (C=O) groups is 1. The molecule has 1 aliphatic heterocycles. The maximum atomic E-state index is 12.8. The van der Waals surface area contributed by atoms with Crippen molar-refractivity contribution in [2.75, 3.05) is 18.0 Å². The molecule has 2 aliphatic rings. The van der Waals surface area contributed by atoms with Gasteiger partial charge in [-0.05, 0) is 62.8 Å². The summed E-state index contributed by atoms with van der Waals surface area (Å²) in [6, 6.07) is 10.9. The van der Waals surface area contributed by atoms with E-state index in [0.717, 1.165) is 50.0 Å². The second-order valence-corrected chi connectivity index (χ2v) is 8.85. The van der Waals surface area contributed by atoms with Crippen molar-refractivity contribution in [2.24, 2.45) is 0 Å². The first-order valence-corrected chi connectivity index (χ1v) is 11.5. The molecule has 168 valence electrons. The van der Waals surface area contributed by atoms with Crippen molar-refractivity contribution < 1.29 is 9.90 Å². The van der Waals surface area contributed by atoms with Crippen LogP contribution in [0.25, 0.3) is 5.52 Å². The molecular weight excluding hydrogens is 406 g/mol. The van der Waals surface area contributed by atoms with E-state index >= 15 is 0 Å². The number of nitrogens with zero attached hydrogens (tertiary/aromatic N) is 4. The number of anilines is 1. The summed E-state index contributed by atoms with van der Waals surface area (Å²) in [6.07, 6.45) is 8.70. The van der Waals surface area contributed by atoms with Gasteiger partial charge in [0.15, 0.2) is 0 Å². The van der Waals surface area contributed by atoms with Gasteiger partial charge in [-0.25, -0.2) is 4.68 Å². The van der Waals surface area contributed by atoms with Crippen molar-refractivity contribution in [1.29, 1.82) is 0 Å². The van der Waals surface area contributed by atoms with E-state index in [9.17, 15) is 14.7 Å². The second kappa shape index (κ2) is 8.78. The zero-order valence-corrected chi connectivity index (χ0v) is 18.1. The van der Waals surface area contributed by atoms with Gasteiger partial charge >= 0.3 is 0 Å². The third-order valence-electron chi connectivity index (χ3n) is 6.76. The molecule has 1 saturated carbocycles. The Labute approximate surface area is 186 Å². The number of nitrogens with one attached hydrogen (secondary N) is 1. The highest BCUT2D eigenvalue weighted by Gasteiger charge is 2.30. The number of aromatic nitrogens is 3. The number of amides is 1. The van der Waals surface area contributed by atoms with E-state index in [1.807, 2.05) is 41.1 Å². The van der Waals surface area contributed by atoms with Gasteiger partial charge in [0.05, 0.1) is 17.7 Å². The molecule has 1 aliphatic carbocycles. The van der Waals surface area contributed by atoms with Crippen molar-refractivity contribution in [2.45, 2.75) is 56.7 Å². The van der Waals surface area contributed by atoms with E-state index in [4.69, 9.17) is 0 Å². The molecule has 32 heavy (non-hydrogen) atoms. The Bertz CT molecular complexity index is 1140. The minimum absolute atomic E-state index is 0.0915. The lowest BCUT2D eigenvalue weighted by Gasteiger charge is -2.37. The fourth-order valence-corrected chi connectivity index (χ4v) is 5.02. The maximum Gasteiger partial charge on any atom is 0.267 e. The number of hydrogen-bond donors (Lipinski definition) is 2. The van der Waals surface area contributed by atoms with E-state index in [2.05, 4.69) is 15.3 Å². The Hall–Kier alpha value is -3.13. The quantitative estimate of drug-likeness (QED) is 0.642. The molecule has 3 aromatic rings. The molecule has 1 amide bonds. The highest BCUT2D eigenvalue weighted by Crippen LogP contribution is 2.29. The van der Waals surface area contributed by atoms with Crippen LogP contribution in [0.2, 0.25) is 0 Å². The van der Waals surface area contributed by atoms with Crippen molar-refractivity contribution >= 4 is 17.2 Å². The maximum absolute atomic E-state index is 12.8. The Morgan fingerprint density at radius 1 is 1.12 bits per heavy atom. The van der Waals surface area contributed by atoms with Crippen LogP contribution >= 0.6 is 0 Å². The summed E-state index contributed by atoms with van der Waals surface area (Å²) >= 11 is 0. The van der Waals surface area contributed by atoms with Crippen LogP contribution in [0.1, 0.15) is 54.9 Å². The molecule has 4 heterocycles. The van der Waals surface area contributed by atoms with Crippen molar-refractivity contribution in [3.63, 3.8) is 0 Å². The van der Waals surface area contributed by atoms with Crippen LogP contribution in [0.4, 0.5) is 5.82 Å². The summed E-state index contributed by atoms with van der Waals surface area (Å²) in [4.78, 5) is 27.4. The minimum Gasteiger partial charge on any atom is -0.391 e. The Morgan fingerprint density at radius 2 is 2.03 bits per heavy atom. The van der Waals surface area contributed by atoms with Crippen LogP contribution in [0.3, 0.4) is 0 Å². The van der Waals surface area contributed by atoms with Gasteiger partial charge in [-0.3, -0.25) is 9.59 Å². The zero-order valence-electron chi connectivity index (χ0n) is 18.1. The normalized spacial score (nSPS) is 23.5. The van der Waals surface area contributed by atoms with Gasteiger partial charge in [-0.15, -0.1) is 0 Å². The van der Waals surface area contributed by atoms with Gasteiger partial charge in [0.25, 0.3) is 11.5 Å². The average Bonchev–Trinajstić information content (AvgIpc) is 3.44. The minimum atomic E-state index is -0.523. The fraction of sp³-hybridized carbons (Fsp3) is 0.458. The standard InChI is InChI=1S/C24H29N5O3/c30-21-9-5-8-20(21)29-23(31)11-10-22(26-29)28-13-4-2-7-19(28)15-25-24(32)17-14-18-6-1-3-12-27(18)16-17/h1,3,6,10-12,14,16,19-21,30H,2,4-5,7-9,13,15H2,(H,25,32). The Morgan fingerprint density at radius 3 is 2.84 bits per heavy atom. The third-order valence-corrected chi connectivity index (χ3v) is 6.76. The fourth-order valence-electron chi connectivity index (χ4n) is 5.02. The lowest BCUT2D eigenvalue weighted by atomic mass is 10.0. The molecule has 8 nitrogen and oxygen atoms in total. The van der Waals surface area contributed by atoms with Gasteiger partial charge in [0.2, 0.25) is 0 Å². The second-order valence-electron chi connectivity index (χ2n) is 8.85. The van der Waals surface area contributed by atoms with Gasteiger partial charge in [-0.2, -0.15) is 5.10 Å². The molecule has 0 radical (unpaired) electrons. The van der Waals surface area contributed by atoms with Gasteiger partial charge in [0, 0.05) is 43.1 Å². The molecule has 3 atom stereocenters. The summed E-state index contributed by atoms with van der Waals surface area (Å²) in [5.74, 6) is 0.642. The number of pyridine rings is 1. The van der Waals surface area contributed by atoms with Crippen LogP contribution in [0.5, 0.6) is 0 Å². The zero-order chi connectivity index (χ0) is 22.1. The highest BCUT2D eigenvalue weighted by molar-refractivity contribution is 5.95. The SMILES string of the molecule is O=C(NCC1CCCCN1c1ccc(=O)n(C2CCCC2O)n1)c1cc2ccccn2c1. The molecule has 2 fully saturated rings. The Kier molecular flexibility index (Phi) is 5.70. The lowest BCUT2D eigenvalue weighted by Crippen LogP contribution is -2.48.